The molecule has 6 nitrogen and oxygen atoms in total. The lowest BCUT2D eigenvalue weighted by molar-refractivity contribution is 0.146. The maximum absolute atomic E-state index is 5.86. The average molecular weight is 386 g/mol. The molecule has 0 aliphatic carbocycles. The molecule has 28 heavy (non-hydrogen) atoms. The number of rotatable bonds is 11. The van der Waals surface area contributed by atoms with Crippen LogP contribution in [0, 0.1) is 6.92 Å². The highest BCUT2D eigenvalue weighted by molar-refractivity contribution is 5.80. The Kier molecular flexibility index (Phi) is 9.15. The molecule has 0 amide bonds. The van der Waals surface area contributed by atoms with E-state index in [9.17, 15) is 0 Å². The predicted octanol–water partition coefficient (Wildman–Crippen LogP) is 3.47. The lowest BCUT2D eigenvalue weighted by Crippen LogP contribution is -2.39. The Morgan fingerprint density at radius 2 is 2.07 bits per heavy atom. The van der Waals surface area contributed by atoms with Crippen LogP contribution in [-0.2, 0) is 17.7 Å². The van der Waals surface area contributed by atoms with Gasteiger partial charge in [-0.1, -0.05) is 24.3 Å². The fraction of sp³-hybridized carbons (Fsp3) is 0.409. The summed E-state index contributed by atoms with van der Waals surface area (Å²) in [5.74, 6) is 2.52. The summed E-state index contributed by atoms with van der Waals surface area (Å²) in [6.45, 7) is 10.9. The van der Waals surface area contributed by atoms with Gasteiger partial charge in [-0.3, -0.25) is 0 Å². The van der Waals surface area contributed by atoms with E-state index < -0.39 is 0 Å². The lowest BCUT2D eigenvalue weighted by atomic mass is 10.1. The predicted molar refractivity (Wildman–Crippen MR) is 113 cm³/mol. The van der Waals surface area contributed by atoms with Gasteiger partial charge in [0.25, 0.3) is 0 Å². The largest absolute Gasteiger partial charge is 0.491 e. The molecule has 0 fully saturated rings. The second-order valence-corrected chi connectivity index (χ2v) is 6.68. The molecule has 1 aromatic carbocycles. The Morgan fingerprint density at radius 3 is 2.79 bits per heavy atom. The number of aliphatic imine (C=N–C) groups is 1. The van der Waals surface area contributed by atoms with E-state index in [1.807, 2.05) is 32.0 Å². The summed E-state index contributed by atoms with van der Waals surface area (Å²) in [5.41, 5.74) is 3.22. The molecule has 152 valence electrons. The Bertz CT molecular complexity index is 754. The molecule has 0 bridgehead atoms. The zero-order valence-electron chi connectivity index (χ0n) is 17.1. The molecule has 0 saturated heterocycles. The number of nitrogens with one attached hydrogen (secondary N) is 2. The van der Waals surface area contributed by atoms with Crippen molar-refractivity contribution in [3.05, 3.63) is 65.6 Å². The third-order valence-corrected chi connectivity index (χ3v) is 3.98. The van der Waals surface area contributed by atoms with Crippen molar-refractivity contribution >= 4 is 5.96 Å². The van der Waals surface area contributed by atoms with E-state index in [0.29, 0.717) is 26.3 Å². The molecule has 0 aliphatic heterocycles. The first-order valence-corrected chi connectivity index (χ1v) is 9.48. The van der Waals surface area contributed by atoms with Crippen LogP contribution < -0.4 is 15.4 Å². The van der Waals surface area contributed by atoms with E-state index in [1.54, 1.807) is 13.4 Å². The SMILES string of the molecule is C=C(C)CNC(=NCc1ccc(C)cc1OCCOC)NCCc1ccco1. The summed E-state index contributed by atoms with van der Waals surface area (Å²) in [5, 5.41) is 6.64. The molecular weight excluding hydrogens is 354 g/mol. The van der Waals surface area contributed by atoms with Gasteiger partial charge in [0, 0.05) is 32.2 Å². The molecule has 0 spiro atoms. The molecule has 0 radical (unpaired) electrons. The Morgan fingerprint density at radius 1 is 1.21 bits per heavy atom. The van der Waals surface area contributed by atoms with E-state index in [2.05, 4.69) is 29.3 Å². The fourth-order valence-corrected chi connectivity index (χ4v) is 2.49. The Balaban J connectivity index is 2.01. The zero-order valence-corrected chi connectivity index (χ0v) is 17.1. The Labute approximate surface area is 167 Å². The van der Waals surface area contributed by atoms with Crippen LogP contribution in [0.1, 0.15) is 23.8 Å². The number of methoxy groups -OCH3 is 1. The van der Waals surface area contributed by atoms with E-state index in [-0.39, 0.29) is 0 Å². The summed E-state index contributed by atoms with van der Waals surface area (Å²) < 4.78 is 16.3. The van der Waals surface area contributed by atoms with Gasteiger partial charge in [-0.25, -0.2) is 4.99 Å². The third-order valence-electron chi connectivity index (χ3n) is 3.98. The van der Waals surface area contributed by atoms with Gasteiger partial charge >= 0.3 is 0 Å². The monoisotopic (exact) mass is 385 g/mol. The van der Waals surface area contributed by atoms with Crippen molar-refractivity contribution in [2.24, 2.45) is 4.99 Å². The fourth-order valence-electron chi connectivity index (χ4n) is 2.49. The molecule has 0 saturated carbocycles. The van der Waals surface area contributed by atoms with Gasteiger partial charge in [0.05, 0.1) is 19.4 Å². The molecule has 0 atom stereocenters. The zero-order chi connectivity index (χ0) is 20.2. The van der Waals surface area contributed by atoms with Crippen LogP contribution in [0.4, 0.5) is 0 Å². The first-order chi connectivity index (χ1) is 13.6. The number of nitrogens with zero attached hydrogens (tertiary/aromatic N) is 1. The second kappa shape index (κ2) is 11.9. The number of ether oxygens (including phenoxy) is 2. The first kappa shape index (κ1) is 21.6. The minimum atomic E-state index is 0.509. The van der Waals surface area contributed by atoms with Crippen LogP contribution in [-0.4, -0.2) is 39.4 Å². The van der Waals surface area contributed by atoms with Crippen molar-refractivity contribution in [3.8, 4) is 5.75 Å². The van der Waals surface area contributed by atoms with Gasteiger partial charge < -0.3 is 24.5 Å². The quantitative estimate of drug-likeness (QED) is 0.268. The van der Waals surface area contributed by atoms with E-state index in [4.69, 9.17) is 18.9 Å². The highest BCUT2D eigenvalue weighted by Gasteiger charge is 2.06. The molecule has 2 rings (SSSR count). The van der Waals surface area contributed by atoms with Gasteiger partial charge in [-0.15, -0.1) is 0 Å². The lowest BCUT2D eigenvalue weighted by Gasteiger charge is -2.14. The third kappa shape index (κ3) is 7.88. The van der Waals surface area contributed by atoms with Crippen molar-refractivity contribution in [2.75, 3.05) is 33.4 Å². The molecule has 0 aliphatic rings. The molecule has 2 aromatic rings. The summed E-state index contributed by atoms with van der Waals surface area (Å²) in [4.78, 5) is 4.71. The molecule has 2 N–H and O–H groups in total. The number of hydrogen-bond donors (Lipinski definition) is 2. The van der Waals surface area contributed by atoms with Gasteiger partial charge in [0.15, 0.2) is 5.96 Å². The van der Waals surface area contributed by atoms with Crippen molar-refractivity contribution in [1.82, 2.24) is 10.6 Å². The summed E-state index contributed by atoms with van der Waals surface area (Å²) in [7, 11) is 1.67. The molecule has 6 heteroatoms. The van der Waals surface area contributed by atoms with Gasteiger partial charge in [0.1, 0.15) is 18.1 Å². The van der Waals surface area contributed by atoms with Crippen molar-refractivity contribution < 1.29 is 13.9 Å². The molecule has 1 heterocycles. The number of hydrogen-bond acceptors (Lipinski definition) is 4. The van der Waals surface area contributed by atoms with Crippen molar-refractivity contribution in [3.63, 3.8) is 0 Å². The number of guanidine groups is 1. The van der Waals surface area contributed by atoms with Crippen LogP contribution in [0.25, 0.3) is 0 Å². The topological polar surface area (TPSA) is 68.0 Å². The second-order valence-electron chi connectivity index (χ2n) is 6.68. The minimum Gasteiger partial charge on any atom is -0.491 e. The summed E-state index contributed by atoms with van der Waals surface area (Å²) >= 11 is 0. The summed E-state index contributed by atoms with van der Waals surface area (Å²) in [6.07, 6.45) is 2.48. The average Bonchev–Trinajstić information content (AvgIpc) is 3.18. The summed E-state index contributed by atoms with van der Waals surface area (Å²) in [6, 6.07) is 10.0. The van der Waals surface area contributed by atoms with Crippen LogP contribution in [0.2, 0.25) is 0 Å². The maximum Gasteiger partial charge on any atom is 0.191 e. The standard InChI is InChI=1S/C22H31N3O3/c1-17(2)15-24-22(23-10-9-20-6-5-11-27-20)25-16-19-8-7-18(3)14-21(19)28-13-12-26-4/h5-8,11,14H,1,9-10,12-13,15-16H2,2-4H3,(H2,23,24,25). The highest BCUT2D eigenvalue weighted by atomic mass is 16.5. The highest BCUT2D eigenvalue weighted by Crippen LogP contribution is 2.21. The normalized spacial score (nSPS) is 11.3. The maximum atomic E-state index is 5.86. The number of benzene rings is 1. The van der Waals surface area contributed by atoms with Crippen molar-refractivity contribution in [1.29, 1.82) is 0 Å². The smallest absolute Gasteiger partial charge is 0.191 e. The van der Waals surface area contributed by atoms with Gasteiger partial charge in [0.2, 0.25) is 0 Å². The van der Waals surface area contributed by atoms with E-state index >= 15 is 0 Å². The molecule has 0 unspecified atom stereocenters. The number of aryl methyl sites for hydroxylation is 1. The minimum absolute atomic E-state index is 0.509. The first-order valence-electron chi connectivity index (χ1n) is 9.48. The van der Waals surface area contributed by atoms with Crippen LogP contribution in [0.3, 0.4) is 0 Å². The molecular formula is C22H31N3O3. The van der Waals surface area contributed by atoms with E-state index in [1.165, 1.54) is 0 Å². The van der Waals surface area contributed by atoms with Crippen molar-refractivity contribution in [2.45, 2.75) is 26.8 Å². The van der Waals surface area contributed by atoms with Crippen LogP contribution in [0.5, 0.6) is 5.75 Å². The van der Waals surface area contributed by atoms with Crippen LogP contribution in [0.15, 0.2) is 58.2 Å². The van der Waals surface area contributed by atoms with Gasteiger partial charge in [-0.05, 0) is 37.6 Å². The van der Waals surface area contributed by atoms with Gasteiger partial charge in [-0.2, -0.15) is 0 Å². The number of furan rings is 1. The van der Waals surface area contributed by atoms with Crippen LogP contribution >= 0.6 is 0 Å². The van der Waals surface area contributed by atoms with E-state index in [0.717, 1.165) is 47.1 Å². The Hall–Kier alpha value is -2.73. The molecule has 1 aromatic heterocycles.